The van der Waals surface area contributed by atoms with Crippen LogP contribution >= 0.6 is 0 Å². The van der Waals surface area contributed by atoms with Gasteiger partial charge in [-0.2, -0.15) is 0 Å². The van der Waals surface area contributed by atoms with Crippen LogP contribution in [-0.4, -0.2) is 29.3 Å². The molecule has 1 unspecified atom stereocenters. The Morgan fingerprint density at radius 3 is 2.41 bits per heavy atom. The number of hydrogen-bond donors (Lipinski definition) is 1. The maximum atomic E-state index is 13.4. The molecule has 27 heavy (non-hydrogen) atoms. The molecule has 0 saturated carbocycles. The van der Waals surface area contributed by atoms with Crippen LogP contribution in [0, 0.1) is 18.7 Å². The zero-order valence-electron chi connectivity index (χ0n) is 16.3. The van der Waals surface area contributed by atoms with E-state index in [-0.39, 0.29) is 23.5 Å². The van der Waals surface area contributed by atoms with Crippen molar-refractivity contribution in [2.45, 2.75) is 40.3 Å². The fourth-order valence-corrected chi connectivity index (χ4v) is 2.96. The topological polar surface area (TPSA) is 49.4 Å². The van der Waals surface area contributed by atoms with Crippen LogP contribution in [0.25, 0.3) is 0 Å². The third-order valence-corrected chi connectivity index (χ3v) is 4.56. The first kappa shape index (κ1) is 20.6. The zero-order valence-corrected chi connectivity index (χ0v) is 16.3. The lowest BCUT2D eigenvalue weighted by atomic mass is 10.0. The van der Waals surface area contributed by atoms with Gasteiger partial charge in [0.15, 0.2) is 0 Å². The number of benzene rings is 2. The summed E-state index contributed by atoms with van der Waals surface area (Å²) in [6, 6.07) is 12.8. The Balaban J connectivity index is 2.17. The molecular formula is C22H27FN2O2. The molecule has 0 radical (unpaired) electrons. The second kappa shape index (κ2) is 9.31. The van der Waals surface area contributed by atoms with Crippen LogP contribution in [0.15, 0.2) is 48.5 Å². The van der Waals surface area contributed by atoms with Gasteiger partial charge >= 0.3 is 0 Å². The molecule has 0 aliphatic heterocycles. The Bertz CT molecular complexity index is 804. The number of carbonyl (C=O) groups excluding carboxylic acids is 2. The van der Waals surface area contributed by atoms with E-state index in [4.69, 9.17) is 0 Å². The van der Waals surface area contributed by atoms with E-state index in [1.165, 1.54) is 12.1 Å². The van der Waals surface area contributed by atoms with Crippen LogP contribution in [0.3, 0.4) is 0 Å². The van der Waals surface area contributed by atoms with Gasteiger partial charge in [0.05, 0.1) is 0 Å². The highest BCUT2D eigenvalue weighted by molar-refractivity contribution is 5.98. The number of halogens is 1. The van der Waals surface area contributed by atoms with Crippen molar-refractivity contribution in [3.8, 4) is 0 Å². The Kier molecular flexibility index (Phi) is 7.11. The van der Waals surface area contributed by atoms with E-state index >= 15 is 0 Å². The van der Waals surface area contributed by atoms with Crippen molar-refractivity contribution in [1.82, 2.24) is 10.2 Å². The first-order chi connectivity index (χ1) is 12.8. The predicted molar refractivity (Wildman–Crippen MR) is 105 cm³/mol. The van der Waals surface area contributed by atoms with Crippen LogP contribution in [0.4, 0.5) is 4.39 Å². The van der Waals surface area contributed by atoms with Gasteiger partial charge in [0.2, 0.25) is 5.91 Å². The molecule has 5 heteroatoms. The van der Waals surface area contributed by atoms with Crippen molar-refractivity contribution >= 4 is 11.8 Å². The van der Waals surface area contributed by atoms with Crippen LogP contribution < -0.4 is 5.32 Å². The summed E-state index contributed by atoms with van der Waals surface area (Å²) in [5.74, 6) is -0.836. The molecule has 2 amide bonds. The van der Waals surface area contributed by atoms with Crippen molar-refractivity contribution < 1.29 is 14.0 Å². The van der Waals surface area contributed by atoms with Gasteiger partial charge in [-0.15, -0.1) is 0 Å². The Hall–Kier alpha value is -2.69. The monoisotopic (exact) mass is 370 g/mol. The van der Waals surface area contributed by atoms with Crippen molar-refractivity contribution in [3.63, 3.8) is 0 Å². The summed E-state index contributed by atoms with van der Waals surface area (Å²) in [7, 11) is 0. The fourth-order valence-electron chi connectivity index (χ4n) is 2.96. The smallest absolute Gasteiger partial charge is 0.252 e. The normalized spacial score (nSPS) is 11.9. The lowest BCUT2D eigenvalue weighted by Crippen LogP contribution is -2.51. The summed E-state index contributed by atoms with van der Waals surface area (Å²) in [4.78, 5) is 27.4. The van der Waals surface area contributed by atoms with E-state index in [2.05, 4.69) is 5.32 Å². The number of hydrogen-bond acceptors (Lipinski definition) is 2. The van der Waals surface area contributed by atoms with Crippen molar-refractivity contribution in [3.05, 3.63) is 71.0 Å². The molecule has 0 spiro atoms. The van der Waals surface area contributed by atoms with Gasteiger partial charge in [-0.05, 0) is 49.1 Å². The molecule has 2 aromatic rings. The third kappa shape index (κ3) is 5.39. The highest BCUT2D eigenvalue weighted by atomic mass is 19.1. The summed E-state index contributed by atoms with van der Waals surface area (Å²) in [6.45, 7) is 8.31. The van der Waals surface area contributed by atoms with Crippen molar-refractivity contribution in [1.29, 1.82) is 0 Å². The van der Waals surface area contributed by atoms with Crippen LogP contribution in [0.5, 0.6) is 0 Å². The summed E-state index contributed by atoms with van der Waals surface area (Å²) in [5.41, 5.74) is 2.14. The van der Waals surface area contributed by atoms with Gasteiger partial charge in [0.1, 0.15) is 11.9 Å². The molecule has 0 bridgehead atoms. The van der Waals surface area contributed by atoms with Gasteiger partial charge < -0.3 is 10.2 Å². The molecule has 4 nitrogen and oxygen atoms in total. The van der Waals surface area contributed by atoms with Crippen LogP contribution in [0.1, 0.15) is 42.3 Å². The minimum Gasteiger partial charge on any atom is -0.340 e. The molecule has 0 fully saturated rings. The lowest BCUT2D eigenvalue weighted by molar-refractivity contribution is -0.134. The summed E-state index contributed by atoms with van der Waals surface area (Å²) < 4.78 is 13.4. The maximum Gasteiger partial charge on any atom is 0.252 e. The van der Waals surface area contributed by atoms with Gasteiger partial charge in [0, 0.05) is 18.7 Å². The predicted octanol–water partition coefficient (Wildman–Crippen LogP) is 3.94. The van der Waals surface area contributed by atoms with Gasteiger partial charge in [0.25, 0.3) is 5.91 Å². The zero-order chi connectivity index (χ0) is 20.0. The van der Waals surface area contributed by atoms with Crippen LogP contribution in [0.2, 0.25) is 0 Å². The van der Waals surface area contributed by atoms with E-state index in [1.807, 2.05) is 39.8 Å². The highest BCUT2D eigenvalue weighted by Crippen LogP contribution is 2.14. The molecule has 2 aromatic carbocycles. The van der Waals surface area contributed by atoms with Crippen LogP contribution in [-0.2, 0) is 11.3 Å². The van der Waals surface area contributed by atoms with E-state index in [0.717, 1.165) is 11.1 Å². The quantitative estimate of drug-likeness (QED) is 0.803. The fraction of sp³-hybridized carbons (Fsp3) is 0.364. The summed E-state index contributed by atoms with van der Waals surface area (Å²) in [6.07, 6.45) is 0. The number of nitrogens with one attached hydrogen (secondary N) is 1. The average Bonchev–Trinajstić information content (AvgIpc) is 2.63. The first-order valence-electron chi connectivity index (χ1n) is 9.23. The molecule has 144 valence electrons. The molecule has 0 aliphatic carbocycles. The second-order valence-corrected chi connectivity index (χ2v) is 6.99. The number of carbonyl (C=O) groups is 2. The molecule has 0 aliphatic rings. The van der Waals surface area contributed by atoms with Crippen molar-refractivity contribution in [2.75, 3.05) is 6.54 Å². The molecule has 1 atom stereocenters. The van der Waals surface area contributed by atoms with E-state index < -0.39 is 6.04 Å². The Labute approximate surface area is 160 Å². The van der Waals surface area contributed by atoms with Gasteiger partial charge in [-0.25, -0.2) is 4.39 Å². The number of aryl methyl sites for hydroxylation is 1. The standard InChI is InChI=1S/C22H27FN2O2/c1-5-25(14-17-10-8-11-18(23)13-17)22(27)20(15(2)3)24-21(26)19-12-7-6-9-16(19)4/h6-13,15,20H,5,14H2,1-4H3,(H,24,26). The lowest BCUT2D eigenvalue weighted by Gasteiger charge is -2.29. The summed E-state index contributed by atoms with van der Waals surface area (Å²) >= 11 is 0. The third-order valence-electron chi connectivity index (χ3n) is 4.56. The molecular weight excluding hydrogens is 343 g/mol. The minimum atomic E-state index is -0.648. The van der Waals surface area contributed by atoms with E-state index in [0.29, 0.717) is 18.7 Å². The van der Waals surface area contributed by atoms with E-state index in [1.54, 1.807) is 29.2 Å². The molecule has 0 saturated heterocycles. The molecule has 2 rings (SSSR count). The number of rotatable bonds is 7. The van der Waals surface area contributed by atoms with Gasteiger partial charge in [-0.1, -0.05) is 44.2 Å². The molecule has 0 heterocycles. The SMILES string of the molecule is CCN(Cc1cccc(F)c1)C(=O)C(NC(=O)c1ccccc1C)C(C)C. The Morgan fingerprint density at radius 1 is 1.11 bits per heavy atom. The molecule has 1 N–H and O–H groups in total. The number of amides is 2. The maximum absolute atomic E-state index is 13.4. The average molecular weight is 370 g/mol. The minimum absolute atomic E-state index is 0.0768. The van der Waals surface area contributed by atoms with Crippen molar-refractivity contribution in [2.24, 2.45) is 5.92 Å². The number of nitrogens with zero attached hydrogens (tertiary/aromatic N) is 1. The first-order valence-corrected chi connectivity index (χ1v) is 9.23. The largest absolute Gasteiger partial charge is 0.340 e. The number of likely N-dealkylation sites (N-methyl/N-ethyl adjacent to an activating group) is 1. The highest BCUT2D eigenvalue weighted by Gasteiger charge is 2.28. The van der Waals surface area contributed by atoms with Gasteiger partial charge in [-0.3, -0.25) is 9.59 Å². The second-order valence-electron chi connectivity index (χ2n) is 6.99. The van der Waals surface area contributed by atoms with E-state index in [9.17, 15) is 14.0 Å². The summed E-state index contributed by atoms with van der Waals surface area (Å²) in [5, 5.41) is 2.88. The Morgan fingerprint density at radius 2 is 1.81 bits per heavy atom. The molecule has 0 aromatic heterocycles.